The van der Waals surface area contributed by atoms with Crippen LogP contribution < -0.4 is 10.1 Å². The van der Waals surface area contributed by atoms with Gasteiger partial charge in [0.25, 0.3) is 0 Å². The summed E-state index contributed by atoms with van der Waals surface area (Å²) >= 11 is 3.41. The van der Waals surface area contributed by atoms with Crippen molar-refractivity contribution in [2.24, 2.45) is 5.92 Å². The predicted octanol–water partition coefficient (Wildman–Crippen LogP) is 2.82. The van der Waals surface area contributed by atoms with Crippen molar-refractivity contribution in [2.75, 3.05) is 25.6 Å². The van der Waals surface area contributed by atoms with E-state index in [2.05, 4.69) is 21.2 Å². The second kappa shape index (κ2) is 6.20. The molecule has 0 spiro atoms. The lowest BCUT2D eigenvalue weighted by atomic mass is 10.0. The number of hydrogen-bond donors (Lipinski definition) is 1. The first-order valence-electron chi connectivity index (χ1n) is 5.93. The van der Waals surface area contributed by atoms with E-state index in [0.29, 0.717) is 12.4 Å². The van der Waals surface area contributed by atoms with Gasteiger partial charge in [0.1, 0.15) is 5.75 Å². The topological polar surface area (TPSA) is 47.6 Å². The fourth-order valence-corrected chi connectivity index (χ4v) is 2.26. The minimum atomic E-state index is -0.0585. The molecule has 0 radical (unpaired) electrons. The number of carbonyl (C=O) groups excluding carboxylic acids is 1. The van der Waals surface area contributed by atoms with E-state index in [9.17, 15) is 4.79 Å². The van der Waals surface area contributed by atoms with Gasteiger partial charge in [-0.05, 0) is 40.9 Å². The van der Waals surface area contributed by atoms with Gasteiger partial charge in [-0.1, -0.05) is 0 Å². The van der Waals surface area contributed by atoms with Crippen LogP contribution in [-0.4, -0.2) is 26.2 Å². The van der Waals surface area contributed by atoms with Crippen LogP contribution >= 0.6 is 15.9 Å². The molecule has 0 aliphatic carbocycles. The maximum Gasteiger partial charge on any atom is 0.229 e. The van der Waals surface area contributed by atoms with Gasteiger partial charge in [-0.25, -0.2) is 0 Å². The molecular weight excluding hydrogens is 298 g/mol. The van der Waals surface area contributed by atoms with Gasteiger partial charge in [0, 0.05) is 17.1 Å². The van der Waals surface area contributed by atoms with E-state index >= 15 is 0 Å². The molecule has 1 atom stereocenters. The predicted molar refractivity (Wildman–Crippen MR) is 72.9 cm³/mol. The maximum absolute atomic E-state index is 12.1. The lowest BCUT2D eigenvalue weighted by Crippen LogP contribution is -2.30. The zero-order valence-corrected chi connectivity index (χ0v) is 11.8. The zero-order valence-electron chi connectivity index (χ0n) is 10.2. The standard InChI is InChI=1S/C13H16BrNO3/c1-17-10-4-5-11(14)12(7-10)15-13(16)9-3-2-6-18-8-9/h4-5,7,9H,2-3,6,8H2,1H3,(H,15,16). The van der Waals surface area contributed by atoms with Gasteiger partial charge in [-0.3, -0.25) is 4.79 Å². The molecule has 0 aromatic heterocycles. The van der Waals surface area contributed by atoms with Crippen molar-refractivity contribution in [3.8, 4) is 5.75 Å². The third-order valence-corrected chi connectivity index (χ3v) is 3.65. The second-order valence-electron chi connectivity index (χ2n) is 4.25. The van der Waals surface area contributed by atoms with Crippen LogP contribution in [0.15, 0.2) is 22.7 Å². The van der Waals surface area contributed by atoms with E-state index in [-0.39, 0.29) is 11.8 Å². The van der Waals surface area contributed by atoms with Gasteiger partial charge in [0.05, 0.1) is 25.3 Å². The summed E-state index contributed by atoms with van der Waals surface area (Å²) in [7, 11) is 1.60. The summed E-state index contributed by atoms with van der Waals surface area (Å²) in [6, 6.07) is 5.49. The molecule has 1 N–H and O–H groups in total. The Kier molecular flexibility index (Phi) is 4.60. The molecular formula is C13H16BrNO3. The normalized spacial score (nSPS) is 19.3. The maximum atomic E-state index is 12.1. The molecule has 0 saturated carbocycles. The Morgan fingerprint density at radius 1 is 1.56 bits per heavy atom. The van der Waals surface area contributed by atoms with Crippen molar-refractivity contribution < 1.29 is 14.3 Å². The van der Waals surface area contributed by atoms with Crippen molar-refractivity contribution in [1.29, 1.82) is 0 Å². The lowest BCUT2D eigenvalue weighted by Gasteiger charge is -2.21. The molecule has 1 aliphatic rings. The van der Waals surface area contributed by atoms with Crippen molar-refractivity contribution >= 4 is 27.5 Å². The number of anilines is 1. The molecule has 1 unspecified atom stereocenters. The SMILES string of the molecule is COc1ccc(Br)c(NC(=O)C2CCCOC2)c1. The summed E-state index contributed by atoms with van der Waals surface area (Å²) in [5, 5.41) is 2.91. The molecule has 0 bridgehead atoms. The summed E-state index contributed by atoms with van der Waals surface area (Å²) in [6.07, 6.45) is 1.82. The van der Waals surface area contributed by atoms with E-state index in [4.69, 9.17) is 9.47 Å². The van der Waals surface area contributed by atoms with Crippen LogP contribution in [0.4, 0.5) is 5.69 Å². The van der Waals surface area contributed by atoms with Gasteiger partial charge < -0.3 is 14.8 Å². The summed E-state index contributed by atoms with van der Waals surface area (Å²) in [6.45, 7) is 1.26. The van der Waals surface area contributed by atoms with Crippen molar-refractivity contribution in [2.45, 2.75) is 12.8 Å². The van der Waals surface area contributed by atoms with E-state index in [1.807, 2.05) is 12.1 Å². The van der Waals surface area contributed by atoms with Crippen LogP contribution in [0.2, 0.25) is 0 Å². The zero-order chi connectivity index (χ0) is 13.0. The first-order valence-corrected chi connectivity index (χ1v) is 6.72. The molecule has 1 heterocycles. The van der Waals surface area contributed by atoms with Crippen LogP contribution in [0.5, 0.6) is 5.75 Å². The smallest absolute Gasteiger partial charge is 0.229 e. The van der Waals surface area contributed by atoms with Crippen molar-refractivity contribution in [3.63, 3.8) is 0 Å². The second-order valence-corrected chi connectivity index (χ2v) is 5.10. The van der Waals surface area contributed by atoms with E-state index in [0.717, 1.165) is 29.6 Å². The van der Waals surface area contributed by atoms with E-state index in [1.165, 1.54) is 0 Å². The number of ether oxygens (including phenoxy) is 2. The molecule has 2 rings (SSSR count). The summed E-state index contributed by atoms with van der Waals surface area (Å²) < 4.78 is 11.3. The van der Waals surface area contributed by atoms with Crippen LogP contribution in [0.25, 0.3) is 0 Å². The summed E-state index contributed by atoms with van der Waals surface area (Å²) in [4.78, 5) is 12.1. The highest BCUT2D eigenvalue weighted by Gasteiger charge is 2.22. The number of hydrogen-bond acceptors (Lipinski definition) is 3. The number of halogens is 1. The van der Waals surface area contributed by atoms with Gasteiger partial charge >= 0.3 is 0 Å². The summed E-state index contributed by atoms with van der Waals surface area (Å²) in [5.74, 6) is 0.661. The molecule has 4 nitrogen and oxygen atoms in total. The minimum absolute atomic E-state index is 0.00338. The number of benzene rings is 1. The molecule has 1 saturated heterocycles. The fourth-order valence-electron chi connectivity index (χ4n) is 1.91. The first kappa shape index (κ1) is 13.4. The largest absolute Gasteiger partial charge is 0.497 e. The molecule has 1 aromatic carbocycles. The fraction of sp³-hybridized carbons (Fsp3) is 0.462. The Hall–Kier alpha value is -1.07. The van der Waals surface area contributed by atoms with Crippen molar-refractivity contribution in [3.05, 3.63) is 22.7 Å². The third kappa shape index (κ3) is 3.23. The van der Waals surface area contributed by atoms with Gasteiger partial charge in [-0.15, -0.1) is 0 Å². The number of rotatable bonds is 3. The number of nitrogens with one attached hydrogen (secondary N) is 1. The monoisotopic (exact) mass is 313 g/mol. The van der Waals surface area contributed by atoms with Gasteiger partial charge in [0.2, 0.25) is 5.91 Å². The summed E-state index contributed by atoms with van der Waals surface area (Å²) in [5.41, 5.74) is 0.727. The van der Waals surface area contributed by atoms with Gasteiger partial charge in [0.15, 0.2) is 0 Å². The molecule has 1 fully saturated rings. The Bertz CT molecular complexity index is 430. The highest BCUT2D eigenvalue weighted by atomic mass is 79.9. The third-order valence-electron chi connectivity index (χ3n) is 2.96. The van der Waals surface area contributed by atoms with Crippen LogP contribution in [0.1, 0.15) is 12.8 Å². The highest BCUT2D eigenvalue weighted by molar-refractivity contribution is 9.10. The Morgan fingerprint density at radius 2 is 2.39 bits per heavy atom. The number of methoxy groups -OCH3 is 1. The van der Waals surface area contributed by atoms with Crippen LogP contribution in [-0.2, 0) is 9.53 Å². The molecule has 18 heavy (non-hydrogen) atoms. The quantitative estimate of drug-likeness (QED) is 0.933. The Balaban J connectivity index is 2.05. The van der Waals surface area contributed by atoms with Crippen molar-refractivity contribution in [1.82, 2.24) is 0 Å². The van der Waals surface area contributed by atoms with E-state index < -0.39 is 0 Å². The minimum Gasteiger partial charge on any atom is -0.497 e. The first-order chi connectivity index (χ1) is 8.70. The van der Waals surface area contributed by atoms with E-state index in [1.54, 1.807) is 13.2 Å². The Morgan fingerprint density at radius 3 is 3.06 bits per heavy atom. The number of carbonyl (C=O) groups is 1. The van der Waals surface area contributed by atoms with Gasteiger partial charge in [-0.2, -0.15) is 0 Å². The molecule has 98 valence electrons. The lowest BCUT2D eigenvalue weighted by molar-refractivity contribution is -0.123. The highest BCUT2D eigenvalue weighted by Crippen LogP contribution is 2.28. The van der Waals surface area contributed by atoms with Crippen LogP contribution in [0, 0.1) is 5.92 Å². The average molecular weight is 314 g/mol. The Labute approximate surface area is 115 Å². The molecule has 5 heteroatoms. The molecule has 1 aromatic rings. The average Bonchev–Trinajstić information content (AvgIpc) is 2.42. The number of amides is 1. The molecule has 1 aliphatic heterocycles. The van der Waals surface area contributed by atoms with Crippen LogP contribution in [0.3, 0.4) is 0 Å². The molecule has 1 amide bonds.